The van der Waals surface area contributed by atoms with Gasteiger partial charge in [-0.05, 0) is 35.9 Å². The van der Waals surface area contributed by atoms with E-state index in [1.54, 1.807) is 35.4 Å². The summed E-state index contributed by atoms with van der Waals surface area (Å²) in [5.74, 6) is 1.37. The first-order valence-electron chi connectivity index (χ1n) is 7.86. The number of likely N-dealkylation sites (N-methyl/N-ethyl adjacent to an activating group) is 1. The maximum atomic E-state index is 12.3. The number of fused-ring (bicyclic) bond motifs is 2. The van der Waals surface area contributed by atoms with Crippen LogP contribution in [0, 0.1) is 0 Å². The van der Waals surface area contributed by atoms with Crippen molar-refractivity contribution in [2.75, 3.05) is 13.8 Å². The molecule has 1 amide bonds. The van der Waals surface area contributed by atoms with Gasteiger partial charge in [-0.1, -0.05) is 18.2 Å². The van der Waals surface area contributed by atoms with Gasteiger partial charge in [-0.2, -0.15) is 0 Å². The molecule has 126 valence electrons. The predicted molar refractivity (Wildman–Crippen MR) is 97.7 cm³/mol. The fourth-order valence-electron chi connectivity index (χ4n) is 2.58. The molecule has 0 aliphatic carbocycles. The third-order valence-corrected chi connectivity index (χ3v) is 4.92. The lowest BCUT2D eigenvalue weighted by molar-refractivity contribution is -0.125. The molecule has 25 heavy (non-hydrogen) atoms. The van der Waals surface area contributed by atoms with Gasteiger partial charge >= 0.3 is 0 Å². The molecule has 1 aliphatic heterocycles. The number of hydrogen-bond acceptors (Lipinski definition) is 5. The van der Waals surface area contributed by atoms with Crippen molar-refractivity contribution in [1.82, 2.24) is 9.88 Å². The van der Waals surface area contributed by atoms with Crippen molar-refractivity contribution in [2.45, 2.75) is 6.54 Å². The molecule has 4 rings (SSSR count). The van der Waals surface area contributed by atoms with Gasteiger partial charge in [0.1, 0.15) is 5.01 Å². The highest BCUT2D eigenvalue weighted by atomic mass is 32.1. The largest absolute Gasteiger partial charge is 0.454 e. The van der Waals surface area contributed by atoms with E-state index in [1.165, 1.54) is 0 Å². The van der Waals surface area contributed by atoms with Crippen LogP contribution in [0.2, 0.25) is 0 Å². The van der Waals surface area contributed by atoms with E-state index in [2.05, 4.69) is 4.98 Å². The van der Waals surface area contributed by atoms with Gasteiger partial charge < -0.3 is 14.4 Å². The molecule has 0 bridgehead atoms. The number of amides is 1. The second-order valence-electron chi connectivity index (χ2n) is 5.72. The average molecular weight is 352 g/mol. The van der Waals surface area contributed by atoms with Crippen molar-refractivity contribution in [3.05, 3.63) is 59.1 Å². The van der Waals surface area contributed by atoms with E-state index in [-0.39, 0.29) is 12.7 Å². The summed E-state index contributed by atoms with van der Waals surface area (Å²) in [6.07, 6.45) is 3.34. The number of ether oxygens (including phenoxy) is 2. The summed E-state index contributed by atoms with van der Waals surface area (Å²) in [6.45, 7) is 0.732. The standard InChI is InChI=1S/C19H16N2O3S/c1-21(11-18-20-14-4-2-3-5-17(14)25-18)19(22)9-7-13-6-8-15-16(10-13)24-12-23-15/h2-10H,11-12H2,1H3/b9-7+. The van der Waals surface area contributed by atoms with Crippen LogP contribution in [0.15, 0.2) is 48.5 Å². The van der Waals surface area contributed by atoms with Crippen LogP contribution in [0.25, 0.3) is 16.3 Å². The van der Waals surface area contributed by atoms with E-state index in [0.29, 0.717) is 12.3 Å². The van der Waals surface area contributed by atoms with Gasteiger partial charge in [-0.15, -0.1) is 11.3 Å². The number of rotatable bonds is 4. The summed E-state index contributed by atoms with van der Waals surface area (Å²) in [4.78, 5) is 18.5. The van der Waals surface area contributed by atoms with E-state index in [4.69, 9.17) is 9.47 Å². The topological polar surface area (TPSA) is 51.7 Å². The number of carbonyl (C=O) groups excluding carboxylic acids is 1. The molecule has 0 saturated heterocycles. The Labute approximate surface area is 149 Å². The van der Waals surface area contributed by atoms with Gasteiger partial charge in [0.25, 0.3) is 0 Å². The Hall–Kier alpha value is -2.86. The van der Waals surface area contributed by atoms with Crippen molar-refractivity contribution in [1.29, 1.82) is 0 Å². The Morgan fingerprint density at radius 2 is 2.08 bits per heavy atom. The van der Waals surface area contributed by atoms with Gasteiger partial charge in [0.2, 0.25) is 12.7 Å². The molecule has 0 N–H and O–H groups in total. The number of benzene rings is 2. The van der Waals surface area contributed by atoms with E-state index < -0.39 is 0 Å². The van der Waals surface area contributed by atoms with Crippen molar-refractivity contribution in [3.63, 3.8) is 0 Å². The Balaban J connectivity index is 1.43. The summed E-state index contributed by atoms with van der Waals surface area (Å²) in [5, 5.41) is 0.925. The first-order chi connectivity index (χ1) is 12.2. The molecular weight excluding hydrogens is 336 g/mol. The monoisotopic (exact) mass is 352 g/mol. The zero-order valence-corrected chi connectivity index (χ0v) is 14.5. The molecule has 1 aliphatic rings. The molecule has 3 aromatic rings. The van der Waals surface area contributed by atoms with Crippen LogP contribution in [0.3, 0.4) is 0 Å². The summed E-state index contributed by atoms with van der Waals surface area (Å²) < 4.78 is 11.8. The zero-order chi connectivity index (χ0) is 17.2. The number of carbonyl (C=O) groups is 1. The highest BCUT2D eigenvalue weighted by molar-refractivity contribution is 7.18. The third-order valence-electron chi connectivity index (χ3n) is 3.90. The third kappa shape index (κ3) is 3.34. The number of aromatic nitrogens is 1. The first kappa shape index (κ1) is 15.7. The van der Waals surface area contributed by atoms with Crippen LogP contribution in [-0.4, -0.2) is 29.6 Å². The van der Waals surface area contributed by atoms with Gasteiger partial charge in [-0.3, -0.25) is 4.79 Å². The molecule has 0 saturated carbocycles. The van der Waals surface area contributed by atoms with E-state index in [0.717, 1.165) is 26.5 Å². The highest BCUT2D eigenvalue weighted by Crippen LogP contribution is 2.32. The highest BCUT2D eigenvalue weighted by Gasteiger charge is 2.13. The first-order valence-corrected chi connectivity index (χ1v) is 8.68. The number of nitrogens with zero attached hydrogens (tertiary/aromatic N) is 2. The van der Waals surface area contributed by atoms with Crippen LogP contribution < -0.4 is 9.47 Å². The predicted octanol–water partition coefficient (Wildman–Crippen LogP) is 3.70. The molecule has 1 aromatic heterocycles. The van der Waals surface area contributed by atoms with Crippen LogP contribution in [0.1, 0.15) is 10.6 Å². The lowest BCUT2D eigenvalue weighted by Gasteiger charge is -2.12. The Kier molecular flexibility index (Phi) is 4.11. The number of thiazole rings is 1. The maximum absolute atomic E-state index is 12.3. The fraction of sp³-hybridized carbons (Fsp3) is 0.158. The molecule has 2 heterocycles. The average Bonchev–Trinajstić information content (AvgIpc) is 3.24. The van der Waals surface area contributed by atoms with E-state index in [9.17, 15) is 4.79 Å². The van der Waals surface area contributed by atoms with Crippen LogP contribution >= 0.6 is 11.3 Å². The van der Waals surface area contributed by atoms with Crippen LogP contribution in [0.5, 0.6) is 11.5 Å². The minimum absolute atomic E-state index is 0.0723. The summed E-state index contributed by atoms with van der Waals surface area (Å²) in [6, 6.07) is 13.6. The Bertz CT molecular complexity index is 931. The molecule has 6 heteroatoms. The summed E-state index contributed by atoms with van der Waals surface area (Å²) in [5.41, 5.74) is 1.87. The second-order valence-corrected chi connectivity index (χ2v) is 6.83. The van der Waals surface area contributed by atoms with Gasteiger partial charge in [0, 0.05) is 13.1 Å². The molecule has 0 unspecified atom stereocenters. The molecule has 0 spiro atoms. The molecule has 5 nitrogen and oxygen atoms in total. The zero-order valence-electron chi connectivity index (χ0n) is 13.6. The lowest BCUT2D eigenvalue weighted by Crippen LogP contribution is -2.23. The van der Waals surface area contributed by atoms with Crippen LogP contribution in [-0.2, 0) is 11.3 Å². The normalized spacial score (nSPS) is 12.8. The lowest BCUT2D eigenvalue weighted by atomic mass is 10.2. The van der Waals surface area contributed by atoms with Gasteiger partial charge in [0.05, 0.1) is 16.8 Å². The van der Waals surface area contributed by atoms with Gasteiger partial charge in [0.15, 0.2) is 11.5 Å². The van der Waals surface area contributed by atoms with Crippen molar-refractivity contribution < 1.29 is 14.3 Å². The summed E-state index contributed by atoms with van der Waals surface area (Å²) in [7, 11) is 1.78. The maximum Gasteiger partial charge on any atom is 0.246 e. The van der Waals surface area contributed by atoms with Crippen molar-refractivity contribution in [2.24, 2.45) is 0 Å². The smallest absolute Gasteiger partial charge is 0.246 e. The second kappa shape index (κ2) is 6.57. The van der Waals surface area contributed by atoms with E-state index >= 15 is 0 Å². The quantitative estimate of drug-likeness (QED) is 0.672. The van der Waals surface area contributed by atoms with Crippen molar-refractivity contribution in [3.8, 4) is 11.5 Å². The molecule has 0 radical (unpaired) electrons. The fourth-order valence-corrected chi connectivity index (χ4v) is 3.60. The molecule has 2 aromatic carbocycles. The minimum atomic E-state index is -0.0723. The van der Waals surface area contributed by atoms with Crippen molar-refractivity contribution >= 4 is 33.5 Å². The molecule has 0 fully saturated rings. The Morgan fingerprint density at radius 1 is 1.24 bits per heavy atom. The van der Waals surface area contributed by atoms with Crippen LogP contribution in [0.4, 0.5) is 0 Å². The minimum Gasteiger partial charge on any atom is -0.454 e. The SMILES string of the molecule is CN(Cc1nc2ccccc2s1)C(=O)/C=C/c1ccc2c(c1)OCO2. The number of hydrogen-bond donors (Lipinski definition) is 0. The molecular formula is C19H16N2O3S. The Morgan fingerprint density at radius 3 is 2.96 bits per heavy atom. The molecule has 0 atom stereocenters. The summed E-state index contributed by atoms with van der Waals surface area (Å²) >= 11 is 1.61. The van der Waals surface area contributed by atoms with Gasteiger partial charge in [-0.25, -0.2) is 4.98 Å². The van der Waals surface area contributed by atoms with E-state index in [1.807, 2.05) is 42.5 Å². The number of para-hydroxylation sites is 1.